The quantitative estimate of drug-likeness (QED) is 0.641. The van der Waals surface area contributed by atoms with Crippen LogP contribution in [-0.4, -0.2) is 30.3 Å². The number of hydrogen-bond acceptors (Lipinski definition) is 4. The van der Waals surface area contributed by atoms with Gasteiger partial charge in [0.1, 0.15) is 5.82 Å². The topological polar surface area (TPSA) is 92.9 Å². The second-order valence-corrected chi connectivity index (χ2v) is 6.94. The Kier molecular flexibility index (Phi) is 6.99. The number of fused-ring (bicyclic) bond motifs is 1. The van der Waals surface area contributed by atoms with Crippen LogP contribution in [0.2, 0.25) is 0 Å². The molecule has 0 aliphatic heterocycles. The highest BCUT2D eigenvalue weighted by Gasteiger charge is 2.14. The highest BCUT2D eigenvalue weighted by molar-refractivity contribution is 5.70. The molecule has 0 spiro atoms. The van der Waals surface area contributed by atoms with Crippen molar-refractivity contribution in [1.29, 1.82) is 0 Å². The van der Waals surface area contributed by atoms with E-state index in [0.717, 1.165) is 37.9 Å². The Labute approximate surface area is 147 Å². The number of aryl methyl sites for hydroxylation is 3. The van der Waals surface area contributed by atoms with Crippen molar-refractivity contribution in [3.63, 3.8) is 0 Å². The third-order valence-electron chi connectivity index (χ3n) is 4.75. The van der Waals surface area contributed by atoms with Crippen molar-refractivity contribution < 1.29 is 5.11 Å². The lowest BCUT2D eigenvalue weighted by atomic mass is 10.1. The molecule has 0 amide bonds. The van der Waals surface area contributed by atoms with Crippen LogP contribution in [0.3, 0.4) is 0 Å². The first-order valence-corrected chi connectivity index (χ1v) is 9.24. The van der Waals surface area contributed by atoms with Crippen LogP contribution in [-0.2, 0) is 20.5 Å². The van der Waals surface area contributed by atoms with Crippen LogP contribution in [0.15, 0.2) is 9.59 Å². The van der Waals surface area contributed by atoms with Crippen LogP contribution in [0.5, 0.6) is 0 Å². The maximum absolute atomic E-state index is 12.0. The van der Waals surface area contributed by atoms with Gasteiger partial charge in [0.25, 0.3) is 5.56 Å². The summed E-state index contributed by atoms with van der Waals surface area (Å²) in [5, 5.41) is 9.21. The fourth-order valence-corrected chi connectivity index (χ4v) is 3.18. The smallest absolute Gasteiger partial charge is 0.329 e. The van der Waals surface area contributed by atoms with E-state index in [2.05, 4.69) is 9.97 Å². The zero-order valence-electron chi connectivity index (χ0n) is 15.5. The van der Waals surface area contributed by atoms with Gasteiger partial charge in [-0.15, -0.1) is 0 Å². The number of aliphatic hydroxyl groups excluding tert-OH is 1. The molecule has 2 rings (SSSR count). The summed E-state index contributed by atoms with van der Waals surface area (Å²) in [7, 11) is 3.45. The maximum Gasteiger partial charge on any atom is 0.329 e. The van der Waals surface area contributed by atoms with E-state index in [9.17, 15) is 14.7 Å². The van der Waals surface area contributed by atoms with Crippen LogP contribution < -0.4 is 11.2 Å². The van der Waals surface area contributed by atoms with E-state index in [1.807, 2.05) is 14.0 Å². The summed E-state index contributed by atoms with van der Waals surface area (Å²) in [6, 6.07) is 0. The van der Waals surface area contributed by atoms with Gasteiger partial charge in [0.15, 0.2) is 11.2 Å². The predicted octanol–water partition coefficient (Wildman–Crippen LogP) is 2.00. The van der Waals surface area contributed by atoms with Gasteiger partial charge in [0.05, 0.1) is 6.10 Å². The normalized spacial score (nSPS) is 12.8. The number of imidazole rings is 1. The minimum Gasteiger partial charge on any atom is -0.393 e. The largest absolute Gasteiger partial charge is 0.393 e. The Bertz CT molecular complexity index is 801. The van der Waals surface area contributed by atoms with Crippen molar-refractivity contribution in [1.82, 2.24) is 19.1 Å². The van der Waals surface area contributed by atoms with E-state index in [1.165, 1.54) is 30.3 Å². The Hall–Kier alpha value is -1.89. The molecular formula is C18H30N4O3. The number of rotatable bonds is 10. The first-order valence-electron chi connectivity index (χ1n) is 9.24. The van der Waals surface area contributed by atoms with Gasteiger partial charge in [-0.2, -0.15) is 0 Å². The Morgan fingerprint density at radius 1 is 1.00 bits per heavy atom. The number of aromatic amines is 1. The van der Waals surface area contributed by atoms with E-state index in [0.29, 0.717) is 11.2 Å². The molecule has 1 unspecified atom stereocenters. The van der Waals surface area contributed by atoms with Crippen LogP contribution in [0, 0.1) is 0 Å². The molecule has 0 bridgehead atoms. The Balaban J connectivity index is 1.79. The molecule has 2 aromatic rings. The minimum absolute atomic E-state index is 0.181. The van der Waals surface area contributed by atoms with E-state index >= 15 is 0 Å². The average molecular weight is 350 g/mol. The van der Waals surface area contributed by atoms with E-state index in [1.54, 1.807) is 11.6 Å². The van der Waals surface area contributed by atoms with Crippen molar-refractivity contribution in [3.8, 4) is 0 Å². The highest BCUT2D eigenvalue weighted by Crippen LogP contribution is 2.14. The summed E-state index contributed by atoms with van der Waals surface area (Å²) in [6.07, 6.45) is 9.60. The zero-order valence-corrected chi connectivity index (χ0v) is 15.5. The summed E-state index contributed by atoms with van der Waals surface area (Å²) in [5.74, 6) is 0.846. The molecule has 0 saturated carbocycles. The van der Waals surface area contributed by atoms with Crippen LogP contribution in [0.1, 0.15) is 64.1 Å². The first kappa shape index (κ1) is 19.4. The predicted molar refractivity (Wildman–Crippen MR) is 98.9 cm³/mol. The first-order chi connectivity index (χ1) is 11.9. The summed E-state index contributed by atoms with van der Waals surface area (Å²) >= 11 is 0. The molecule has 0 aliphatic carbocycles. The van der Waals surface area contributed by atoms with Crippen molar-refractivity contribution in [2.24, 2.45) is 14.1 Å². The van der Waals surface area contributed by atoms with E-state index < -0.39 is 5.69 Å². The van der Waals surface area contributed by atoms with Gasteiger partial charge in [-0.25, -0.2) is 9.78 Å². The number of H-pyrrole nitrogens is 1. The van der Waals surface area contributed by atoms with Gasteiger partial charge < -0.3 is 9.67 Å². The third kappa shape index (κ3) is 5.04. The molecule has 0 radical (unpaired) electrons. The average Bonchev–Trinajstić information content (AvgIpc) is 2.88. The summed E-state index contributed by atoms with van der Waals surface area (Å²) in [5.41, 5.74) is 0.0915. The lowest BCUT2D eigenvalue weighted by molar-refractivity contribution is 0.180. The lowest BCUT2D eigenvalue weighted by Crippen LogP contribution is -2.29. The minimum atomic E-state index is -0.433. The lowest BCUT2D eigenvalue weighted by Gasteiger charge is -2.04. The van der Waals surface area contributed by atoms with Crippen molar-refractivity contribution in [3.05, 3.63) is 26.7 Å². The fraction of sp³-hybridized carbons (Fsp3) is 0.722. The number of nitrogens with one attached hydrogen (secondary N) is 1. The Morgan fingerprint density at radius 3 is 2.24 bits per heavy atom. The van der Waals surface area contributed by atoms with E-state index in [-0.39, 0.29) is 11.7 Å². The van der Waals surface area contributed by atoms with Crippen molar-refractivity contribution >= 4 is 11.2 Å². The van der Waals surface area contributed by atoms with Crippen LogP contribution in [0.4, 0.5) is 0 Å². The van der Waals surface area contributed by atoms with Crippen LogP contribution in [0.25, 0.3) is 11.2 Å². The molecular weight excluding hydrogens is 320 g/mol. The van der Waals surface area contributed by atoms with Gasteiger partial charge in [-0.05, 0) is 19.8 Å². The second-order valence-electron chi connectivity index (χ2n) is 6.94. The highest BCUT2D eigenvalue weighted by atomic mass is 16.3. The summed E-state index contributed by atoms with van der Waals surface area (Å²) in [4.78, 5) is 30.5. The van der Waals surface area contributed by atoms with Gasteiger partial charge in [-0.1, -0.05) is 38.5 Å². The summed E-state index contributed by atoms with van der Waals surface area (Å²) in [6.45, 7) is 1.84. The monoisotopic (exact) mass is 350 g/mol. The molecule has 7 heteroatoms. The number of aliphatic hydroxyl groups is 1. The SMILES string of the molecule is CC(O)CCCCCCCCCc1nc2c(c(=O)[nH]c(=O)n2C)n1C. The number of unbranched alkanes of at least 4 members (excludes halogenated alkanes) is 6. The second kappa shape index (κ2) is 8.99. The van der Waals surface area contributed by atoms with Crippen molar-refractivity contribution in [2.75, 3.05) is 0 Å². The molecule has 1 atom stereocenters. The van der Waals surface area contributed by atoms with Gasteiger partial charge in [-0.3, -0.25) is 14.3 Å². The van der Waals surface area contributed by atoms with Crippen molar-refractivity contribution in [2.45, 2.75) is 70.8 Å². The fourth-order valence-electron chi connectivity index (χ4n) is 3.18. The molecule has 0 fully saturated rings. The van der Waals surface area contributed by atoms with E-state index in [4.69, 9.17) is 0 Å². The molecule has 0 saturated heterocycles. The Morgan fingerprint density at radius 2 is 1.60 bits per heavy atom. The number of hydrogen-bond donors (Lipinski definition) is 2. The van der Waals surface area contributed by atoms with Gasteiger partial charge in [0.2, 0.25) is 0 Å². The summed E-state index contributed by atoms with van der Waals surface area (Å²) < 4.78 is 3.18. The molecule has 140 valence electrons. The van der Waals surface area contributed by atoms with Crippen LogP contribution >= 0.6 is 0 Å². The number of aromatic nitrogens is 4. The standard InChI is InChI=1S/C18H30N4O3/c1-13(23)11-9-7-5-4-6-8-10-12-14-19-16-15(21(14)2)17(24)20-18(25)22(16)3/h13,23H,4-12H2,1-3H3,(H,20,24,25). The molecule has 25 heavy (non-hydrogen) atoms. The molecule has 2 heterocycles. The van der Waals surface area contributed by atoms with Gasteiger partial charge >= 0.3 is 5.69 Å². The molecule has 0 aliphatic rings. The number of nitrogens with zero attached hydrogens (tertiary/aromatic N) is 3. The van der Waals surface area contributed by atoms with Gasteiger partial charge in [0, 0.05) is 20.5 Å². The molecule has 7 nitrogen and oxygen atoms in total. The molecule has 2 N–H and O–H groups in total. The third-order valence-corrected chi connectivity index (χ3v) is 4.75. The molecule has 0 aromatic carbocycles. The zero-order chi connectivity index (χ0) is 18.4. The molecule has 2 aromatic heterocycles. The maximum atomic E-state index is 12.0.